The van der Waals surface area contributed by atoms with E-state index in [9.17, 15) is 4.79 Å². The van der Waals surface area contributed by atoms with Crippen LogP contribution in [0.15, 0.2) is 0 Å². The molecule has 0 bridgehead atoms. The first-order valence-electron chi connectivity index (χ1n) is 4.08. The molecule has 1 fully saturated rings. The Morgan fingerprint density at radius 1 is 1.67 bits per heavy atom. The maximum absolute atomic E-state index is 11.4. The normalized spacial score (nSPS) is 24.1. The number of amides is 1. The lowest BCUT2D eigenvalue weighted by atomic mass is 10.2. The number of alkyl halides is 1. The fourth-order valence-corrected chi connectivity index (χ4v) is 1.12. The highest BCUT2D eigenvalue weighted by Gasteiger charge is 2.27. The van der Waals surface area contributed by atoms with E-state index in [-0.39, 0.29) is 11.9 Å². The molecule has 0 saturated carbocycles. The highest BCUT2D eigenvalue weighted by atomic mass is 79.9. The van der Waals surface area contributed by atoms with E-state index in [1.165, 1.54) is 0 Å². The van der Waals surface area contributed by atoms with Gasteiger partial charge in [0.15, 0.2) is 0 Å². The number of halogens is 1. The second-order valence-electron chi connectivity index (χ2n) is 3.51. The lowest BCUT2D eigenvalue weighted by Crippen LogP contribution is -2.43. The molecule has 1 N–H and O–H groups in total. The second kappa shape index (κ2) is 3.75. The molecular weight excluding hydrogens is 222 g/mol. The molecule has 0 aromatic rings. The molecule has 1 aliphatic rings. The van der Waals surface area contributed by atoms with Crippen molar-refractivity contribution in [3.8, 4) is 0 Å². The molecule has 3 nitrogen and oxygen atoms in total. The molecule has 1 aliphatic heterocycles. The first kappa shape index (κ1) is 9.99. The highest BCUT2D eigenvalue weighted by molar-refractivity contribution is 9.10. The summed E-state index contributed by atoms with van der Waals surface area (Å²) in [5, 5.41) is 2.91. The lowest BCUT2D eigenvalue weighted by molar-refractivity contribution is -0.123. The van der Waals surface area contributed by atoms with Gasteiger partial charge in [0.1, 0.15) is 0 Å². The molecule has 0 aliphatic carbocycles. The van der Waals surface area contributed by atoms with Crippen LogP contribution in [0.5, 0.6) is 0 Å². The zero-order valence-corrected chi connectivity index (χ0v) is 8.98. The second-order valence-corrected chi connectivity index (χ2v) is 5.49. The third kappa shape index (κ3) is 2.75. The Hall–Kier alpha value is -0.0900. The first-order chi connectivity index (χ1) is 5.50. The number of rotatable bonds is 2. The van der Waals surface area contributed by atoms with Crippen LogP contribution in [0.1, 0.15) is 20.3 Å². The van der Waals surface area contributed by atoms with Gasteiger partial charge >= 0.3 is 0 Å². The Balaban J connectivity index is 2.35. The van der Waals surface area contributed by atoms with Crippen LogP contribution in [0, 0.1) is 0 Å². The van der Waals surface area contributed by atoms with Crippen molar-refractivity contribution < 1.29 is 9.53 Å². The van der Waals surface area contributed by atoms with Crippen LogP contribution in [0.25, 0.3) is 0 Å². The van der Waals surface area contributed by atoms with Gasteiger partial charge < -0.3 is 10.1 Å². The van der Waals surface area contributed by atoms with Crippen LogP contribution in [-0.2, 0) is 9.53 Å². The number of ether oxygens (including phenoxy) is 1. The number of hydrogen-bond donors (Lipinski definition) is 1. The smallest absolute Gasteiger partial charge is 0.236 e. The molecule has 1 rings (SSSR count). The zero-order valence-electron chi connectivity index (χ0n) is 7.39. The van der Waals surface area contributed by atoms with Gasteiger partial charge in [0.25, 0.3) is 0 Å². The van der Waals surface area contributed by atoms with Crippen molar-refractivity contribution in [1.82, 2.24) is 5.32 Å². The van der Waals surface area contributed by atoms with Gasteiger partial charge in [-0.15, -0.1) is 0 Å². The predicted octanol–water partition coefficient (Wildman–Crippen LogP) is 1.06. The van der Waals surface area contributed by atoms with Crippen LogP contribution in [0.3, 0.4) is 0 Å². The average molecular weight is 236 g/mol. The standard InChI is InChI=1S/C8H14BrNO2/c1-8(2,9)7(11)10-6-3-4-12-5-6/h6H,3-5H2,1-2H3,(H,10,11). The van der Waals surface area contributed by atoms with Gasteiger partial charge in [-0.2, -0.15) is 0 Å². The molecule has 70 valence electrons. The topological polar surface area (TPSA) is 38.3 Å². The van der Waals surface area contributed by atoms with E-state index in [1.54, 1.807) is 0 Å². The Morgan fingerprint density at radius 3 is 2.75 bits per heavy atom. The van der Waals surface area contributed by atoms with Crippen LogP contribution < -0.4 is 5.32 Å². The molecule has 0 aromatic heterocycles. The third-order valence-corrected chi connectivity index (χ3v) is 2.16. The van der Waals surface area contributed by atoms with Crippen LogP contribution in [0.4, 0.5) is 0 Å². The van der Waals surface area contributed by atoms with E-state index in [0.29, 0.717) is 6.61 Å². The van der Waals surface area contributed by atoms with Crippen LogP contribution >= 0.6 is 15.9 Å². The van der Waals surface area contributed by atoms with Gasteiger partial charge in [0.2, 0.25) is 5.91 Å². The molecule has 0 radical (unpaired) electrons. The molecule has 1 amide bonds. The minimum atomic E-state index is -0.477. The summed E-state index contributed by atoms with van der Waals surface area (Å²) in [4.78, 5) is 11.4. The molecular formula is C8H14BrNO2. The Kier molecular flexibility index (Phi) is 3.12. The van der Waals surface area contributed by atoms with Crippen LogP contribution in [0.2, 0.25) is 0 Å². The predicted molar refractivity (Wildman–Crippen MR) is 50.4 cm³/mol. The van der Waals surface area contributed by atoms with Crippen molar-refractivity contribution in [2.75, 3.05) is 13.2 Å². The van der Waals surface area contributed by atoms with Gasteiger partial charge in [0, 0.05) is 6.61 Å². The van der Waals surface area contributed by atoms with Gasteiger partial charge in [-0.1, -0.05) is 15.9 Å². The summed E-state index contributed by atoms with van der Waals surface area (Å²) in [6, 6.07) is 0.203. The van der Waals surface area contributed by atoms with E-state index < -0.39 is 4.32 Å². The Morgan fingerprint density at radius 2 is 2.33 bits per heavy atom. The summed E-state index contributed by atoms with van der Waals surface area (Å²) in [5.74, 6) is 0.0259. The minimum Gasteiger partial charge on any atom is -0.379 e. The van der Waals surface area contributed by atoms with E-state index in [0.717, 1.165) is 13.0 Å². The summed E-state index contributed by atoms with van der Waals surface area (Å²) in [6.45, 7) is 5.07. The van der Waals surface area contributed by atoms with Crippen LogP contribution in [-0.4, -0.2) is 29.5 Å². The summed E-state index contributed by atoms with van der Waals surface area (Å²) < 4.78 is 4.66. The third-order valence-electron chi connectivity index (χ3n) is 1.80. The quantitative estimate of drug-likeness (QED) is 0.728. The monoisotopic (exact) mass is 235 g/mol. The molecule has 4 heteroatoms. The van der Waals surface area contributed by atoms with Gasteiger partial charge in [-0.3, -0.25) is 4.79 Å². The average Bonchev–Trinajstić information content (AvgIpc) is 2.37. The lowest BCUT2D eigenvalue weighted by Gasteiger charge is -2.18. The molecule has 0 aromatic carbocycles. The number of carbonyl (C=O) groups is 1. The van der Waals surface area contributed by atoms with Gasteiger partial charge in [-0.25, -0.2) is 0 Å². The molecule has 12 heavy (non-hydrogen) atoms. The highest BCUT2D eigenvalue weighted by Crippen LogP contribution is 2.16. The van der Waals surface area contributed by atoms with Gasteiger partial charge in [-0.05, 0) is 20.3 Å². The van der Waals surface area contributed by atoms with E-state index in [2.05, 4.69) is 21.2 Å². The zero-order chi connectivity index (χ0) is 9.19. The molecule has 1 heterocycles. The van der Waals surface area contributed by atoms with Crippen molar-refractivity contribution in [1.29, 1.82) is 0 Å². The van der Waals surface area contributed by atoms with Crippen molar-refractivity contribution in [3.05, 3.63) is 0 Å². The number of nitrogens with one attached hydrogen (secondary N) is 1. The summed E-state index contributed by atoms with van der Waals surface area (Å²) in [5.41, 5.74) is 0. The molecule has 0 spiro atoms. The largest absolute Gasteiger partial charge is 0.379 e. The fourth-order valence-electron chi connectivity index (χ4n) is 1.01. The summed E-state index contributed by atoms with van der Waals surface area (Å²) >= 11 is 3.30. The summed E-state index contributed by atoms with van der Waals surface area (Å²) in [7, 11) is 0. The summed E-state index contributed by atoms with van der Waals surface area (Å²) in [6.07, 6.45) is 0.925. The maximum atomic E-state index is 11.4. The number of carbonyl (C=O) groups excluding carboxylic acids is 1. The van der Waals surface area contributed by atoms with Crippen molar-refractivity contribution in [2.45, 2.75) is 30.6 Å². The van der Waals surface area contributed by atoms with Gasteiger partial charge in [0.05, 0.1) is 17.0 Å². The van der Waals surface area contributed by atoms with E-state index >= 15 is 0 Å². The number of hydrogen-bond acceptors (Lipinski definition) is 2. The van der Waals surface area contributed by atoms with E-state index in [1.807, 2.05) is 13.8 Å². The molecule has 1 atom stereocenters. The van der Waals surface area contributed by atoms with Crippen molar-refractivity contribution in [2.24, 2.45) is 0 Å². The molecule has 1 saturated heterocycles. The molecule has 1 unspecified atom stereocenters. The Bertz CT molecular complexity index is 170. The SMILES string of the molecule is CC(C)(Br)C(=O)NC1CCOC1. The first-order valence-corrected chi connectivity index (χ1v) is 4.87. The minimum absolute atomic E-state index is 0.0259. The van der Waals surface area contributed by atoms with E-state index in [4.69, 9.17) is 4.74 Å². The Labute approximate surface area is 81.0 Å². The maximum Gasteiger partial charge on any atom is 0.236 e. The fraction of sp³-hybridized carbons (Fsp3) is 0.875. The van der Waals surface area contributed by atoms with Crippen molar-refractivity contribution >= 4 is 21.8 Å². The van der Waals surface area contributed by atoms with Crippen molar-refractivity contribution in [3.63, 3.8) is 0 Å².